The lowest BCUT2D eigenvalue weighted by atomic mass is 10.3. The van der Waals surface area contributed by atoms with Gasteiger partial charge in [0.2, 0.25) is 0 Å². The van der Waals surface area contributed by atoms with E-state index >= 15 is 0 Å². The minimum absolute atomic E-state index is 0.466. The van der Waals surface area contributed by atoms with Gasteiger partial charge in [0.15, 0.2) is 0 Å². The van der Waals surface area contributed by atoms with Gasteiger partial charge in [-0.25, -0.2) is 0 Å². The number of carboxylic acids is 1. The molecule has 0 saturated heterocycles. The molecule has 0 rings (SSSR count). The summed E-state index contributed by atoms with van der Waals surface area (Å²) in [5, 5.41) is 11.4. The fourth-order valence-electron chi connectivity index (χ4n) is 0.724. The van der Waals surface area contributed by atoms with Crippen LogP contribution in [0.3, 0.4) is 0 Å². The number of ether oxygens (including phenoxy) is 1. The van der Waals surface area contributed by atoms with E-state index in [-0.39, 0.29) is 0 Å². The Morgan fingerprint density at radius 3 is 2.83 bits per heavy atom. The van der Waals surface area contributed by atoms with Crippen molar-refractivity contribution in [3.63, 3.8) is 0 Å². The van der Waals surface area contributed by atoms with E-state index in [0.717, 1.165) is 6.42 Å². The first-order chi connectivity index (χ1) is 5.68. The highest BCUT2D eigenvalue weighted by atomic mass is 16.5. The third kappa shape index (κ3) is 6.12. The maximum absolute atomic E-state index is 10.3. The fraction of sp³-hybridized carbons (Fsp3) is 0.875. The zero-order valence-corrected chi connectivity index (χ0v) is 7.67. The Balaban J connectivity index is 3.14. The fourth-order valence-corrected chi connectivity index (χ4v) is 0.724. The van der Waals surface area contributed by atoms with E-state index in [0.29, 0.717) is 19.8 Å². The number of carbonyl (C=O) groups is 1. The van der Waals surface area contributed by atoms with Crippen molar-refractivity contribution in [2.45, 2.75) is 26.3 Å². The van der Waals surface area contributed by atoms with E-state index < -0.39 is 12.0 Å². The van der Waals surface area contributed by atoms with Crippen LogP contribution < -0.4 is 5.32 Å². The van der Waals surface area contributed by atoms with Crippen molar-refractivity contribution in [3.8, 4) is 0 Å². The van der Waals surface area contributed by atoms with Crippen molar-refractivity contribution in [1.82, 2.24) is 5.32 Å². The molecule has 0 aromatic rings. The van der Waals surface area contributed by atoms with Crippen LogP contribution in [-0.2, 0) is 9.53 Å². The van der Waals surface area contributed by atoms with E-state index in [2.05, 4.69) is 5.32 Å². The molecule has 2 N–H and O–H groups in total. The number of hydrogen-bond acceptors (Lipinski definition) is 3. The van der Waals surface area contributed by atoms with Gasteiger partial charge in [0.05, 0.1) is 0 Å². The van der Waals surface area contributed by atoms with Crippen LogP contribution in [-0.4, -0.2) is 36.9 Å². The molecule has 0 aromatic heterocycles. The Hall–Kier alpha value is -0.610. The van der Waals surface area contributed by atoms with Crippen LogP contribution in [0.1, 0.15) is 20.3 Å². The Morgan fingerprint density at radius 1 is 1.67 bits per heavy atom. The summed E-state index contributed by atoms with van der Waals surface area (Å²) in [4.78, 5) is 10.3. The number of aliphatic carboxylic acids is 1. The molecule has 1 unspecified atom stereocenters. The second-order valence-corrected chi connectivity index (χ2v) is 2.56. The Kier molecular flexibility index (Phi) is 6.70. The molecule has 72 valence electrons. The molecule has 0 heterocycles. The summed E-state index contributed by atoms with van der Waals surface area (Å²) < 4.78 is 5.09. The first-order valence-corrected chi connectivity index (χ1v) is 4.22. The van der Waals surface area contributed by atoms with Crippen LogP contribution >= 0.6 is 0 Å². The summed E-state index contributed by atoms with van der Waals surface area (Å²) in [7, 11) is 0. The van der Waals surface area contributed by atoms with E-state index in [4.69, 9.17) is 9.84 Å². The molecule has 0 amide bonds. The van der Waals surface area contributed by atoms with Crippen molar-refractivity contribution in [2.24, 2.45) is 0 Å². The Labute approximate surface area is 72.9 Å². The SMILES string of the molecule is CCOCCCNC(C)C(=O)O. The van der Waals surface area contributed by atoms with Crippen molar-refractivity contribution in [2.75, 3.05) is 19.8 Å². The van der Waals surface area contributed by atoms with Crippen LogP contribution in [0.2, 0.25) is 0 Å². The molecule has 12 heavy (non-hydrogen) atoms. The summed E-state index contributed by atoms with van der Waals surface area (Å²) in [6.07, 6.45) is 0.853. The average molecular weight is 175 g/mol. The minimum Gasteiger partial charge on any atom is -0.480 e. The summed E-state index contributed by atoms with van der Waals surface area (Å²) in [6.45, 7) is 5.66. The molecule has 0 aliphatic carbocycles. The molecule has 0 aliphatic heterocycles. The van der Waals surface area contributed by atoms with Gasteiger partial charge in [-0.05, 0) is 26.8 Å². The predicted octanol–water partition coefficient (Wildman–Crippen LogP) is 0.476. The van der Waals surface area contributed by atoms with Gasteiger partial charge in [-0.15, -0.1) is 0 Å². The molecule has 0 saturated carbocycles. The number of rotatable bonds is 7. The van der Waals surface area contributed by atoms with Crippen molar-refractivity contribution in [3.05, 3.63) is 0 Å². The molecule has 0 aliphatic rings. The molecular formula is C8H17NO3. The number of hydrogen-bond donors (Lipinski definition) is 2. The lowest BCUT2D eigenvalue weighted by Crippen LogP contribution is -2.34. The Morgan fingerprint density at radius 2 is 2.33 bits per heavy atom. The van der Waals surface area contributed by atoms with Gasteiger partial charge in [0.1, 0.15) is 6.04 Å². The lowest BCUT2D eigenvalue weighted by molar-refractivity contribution is -0.139. The third-order valence-corrected chi connectivity index (χ3v) is 1.49. The molecule has 4 nitrogen and oxygen atoms in total. The lowest BCUT2D eigenvalue weighted by Gasteiger charge is -2.08. The highest BCUT2D eigenvalue weighted by Gasteiger charge is 2.07. The zero-order chi connectivity index (χ0) is 9.40. The molecule has 0 bridgehead atoms. The smallest absolute Gasteiger partial charge is 0.320 e. The monoisotopic (exact) mass is 175 g/mol. The van der Waals surface area contributed by atoms with E-state index in [1.54, 1.807) is 6.92 Å². The van der Waals surface area contributed by atoms with Crippen LogP contribution in [0.25, 0.3) is 0 Å². The quantitative estimate of drug-likeness (QED) is 0.552. The first-order valence-electron chi connectivity index (χ1n) is 4.22. The third-order valence-electron chi connectivity index (χ3n) is 1.49. The van der Waals surface area contributed by atoms with Crippen molar-refractivity contribution < 1.29 is 14.6 Å². The number of nitrogens with one attached hydrogen (secondary N) is 1. The van der Waals surface area contributed by atoms with Gasteiger partial charge >= 0.3 is 5.97 Å². The van der Waals surface area contributed by atoms with E-state index in [9.17, 15) is 4.79 Å². The summed E-state index contributed by atoms with van der Waals surface area (Å²) in [5.74, 6) is -0.814. The average Bonchev–Trinajstić information content (AvgIpc) is 2.03. The Bertz CT molecular complexity index is 127. The number of carboxylic acid groups (broad SMARTS) is 1. The molecular weight excluding hydrogens is 158 g/mol. The molecule has 4 heteroatoms. The maximum Gasteiger partial charge on any atom is 0.320 e. The maximum atomic E-state index is 10.3. The van der Waals surface area contributed by atoms with Gasteiger partial charge < -0.3 is 15.2 Å². The molecule has 0 spiro atoms. The largest absolute Gasteiger partial charge is 0.480 e. The van der Waals surface area contributed by atoms with Crippen molar-refractivity contribution >= 4 is 5.97 Å². The van der Waals surface area contributed by atoms with Crippen LogP contribution in [0, 0.1) is 0 Å². The minimum atomic E-state index is -0.814. The first kappa shape index (κ1) is 11.4. The van der Waals surface area contributed by atoms with Crippen LogP contribution in [0.15, 0.2) is 0 Å². The van der Waals surface area contributed by atoms with Crippen LogP contribution in [0.5, 0.6) is 0 Å². The summed E-state index contributed by atoms with van der Waals surface area (Å²) >= 11 is 0. The molecule has 1 atom stereocenters. The van der Waals surface area contributed by atoms with Crippen molar-refractivity contribution in [1.29, 1.82) is 0 Å². The van der Waals surface area contributed by atoms with Gasteiger partial charge in [0, 0.05) is 13.2 Å². The molecule has 0 fully saturated rings. The highest BCUT2D eigenvalue weighted by molar-refractivity contribution is 5.72. The normalized spacial score (nSPS) is 12.8. The van der Waals surface area contributed by atoms with Gasteiger partial charge in [-0.3, -0.25) is 4.79 Å². The second-order valence-electron chi connectivity index (χ2n) is 2.56. The summed E-state index contributed by atoms with van der Waals surface area (Å²) in [6, 6.07) is -0.466. The highest BCUT2D eigenvalue weighted by Crippen LogP contribution is 1.84. The standard InChI is InChI=1S/C8H17NO3/c1-3-12-6-4-5-9-7(2)8(10)11/h7,9H,3-6H2,1-2H3,(H,10,11). The van der Waals surface area contributed by atoms with E-state index in [1.807, 2.05) is 6.92 Å². The van der Waals surface area contributed by atoms with Gasteiger partial charge in [-0.2, -0.15) is 0 Å². The molecule has 0 radical (unpaired) electrons. The van der Waals surface area contributed by atoms with Gasteiger partial charge in [0.25, 0.3) is 0 Å². The molecule has 0 aromatic carbocycles. The topological polar surface area (TPSA) is 58.6 Å². The predicted molar refractivity (Wildman–Crippen MR) is 46.2 cm³/mol. The second kappa shape index (κ2) is 7.06. The summed E-state index contributed by atoms with van der Waals surface area (Å²) in [5.41, 5.74) is 0. The zero-order valence-electron chi connectivity index (χ0n) is 7.67. The van der Waals surface area contributed by atoms with Crippen LogP contribution in [0.4, 0.5) is 0 Å². The van der Waals surface area contributed by atoms with E-state index in [1.165, 1.54) is 0 Å². The van der Waals surface area contributed by atoms with Gasteiger partial charge in [-0.1, -0.05) is 0 Å².